The number of nitrogens with two attached hydrogens (primary N) is 1. The van der Waals surface area contributed by atoms with Crippen molar-refractivity contribution in [3.05, 3.63) is 48.2 Å². The number of nitrogens with one attached hydrogen (secondary N) is 2. The lowest BCUT2D eigenvalue weighted by Gasteiger charge is -2.43. The molecule has 0 bridgehead atoms. The van der Waals surface area contributed by atoms with Crippen molar-refractivity contribution in [3.63, 3.8) is 0 Å². The van der Waals surface area contributed by atoms with E-state index in [0.717, 1.165) is 86.1 Å². The highest BCUT2D eigenvalue weighted by molar-refractivity contribution is 6.05. The van der Waals surface area contributed by atoms with Gasteiger partial charge in [0, 0.05) is 18.7 Å². The van der Waals surface area contributed by atoms with Crippen molar-refractivity contribution in [2.75, 3.05) is 22.2 Å². The van der Waals surface area contributed by atoms with Crippen molar-refractivity contribution >= 4 is 46.0 Å². The Bertz CT molecular complexity index is 1720. The van der Waals surface area contributed by atoms with Gasteiger partial charge in [0.25, 0.3) is 5.91 Å². The fraction of sp³-hybridized carbons (Fsp3) is 0.424. The fourth-order valence-electron chi connectivity index (χ4n) is 6.99. The molecular weight excluding hydrogens is 556 g/mol. The SMILES string of the molecule is CC[C@@H]1C(=O)N(C)c2cnc(Nc3ccc(-c4nc5c(C(N)=O)cccc5[nH]4)cc3OC3CCCC3)nc2N1C1CCCC1. The van der Waals surface area contributed by atoms with Gasteiger partial charge in [0.2, 0.25) is 11.9 Å². The third-order valence-corrected chi connectivity index (χ3v) is 9.29. The lowest BCUT2D eigenvalue weighted by molar-refractivity contribution is -0.120. The Kier molecular flexibility index (Phi) is 7.31. The Morgan fingerprint density at radius 1 is 1.09 bits per heavy atom. The molecule has 44 heavy (non-hydrogen) atoms. The zero-order chi connectivity index (χ0) is 30.4. The quantitative estimate of drug-likeness (QED) is 0.236. The summed E-state index contributed by atoms with van der Waals surface area (Å²) in [7, 11) is 1.81. The van der Waals surface area contributed by atoms with Crippen LogP contribution < -0.4 is 25.6 Å². The van der Waals surface area contributed by atoms with Crippen LogP contribution in [0.2, 0.25) is 0 Å². The molecule has 2 amide bonds. The van der Waals surface area contributed by atoms with Gasteiger partial charge in [-0.2, -0.15) is 4.98 Å². The molecule has 2 aromatic carbocycles. The van der Waals surface area contributed by atoms with Crippen LogP contribution in [0.5, 0.6) is 5.75 Å². The second-order valence-corrected chi connectivity index (χ2v) is 12.1. The van der Waals surface area contributed by atoms with Crippen molar-refractivity contribution in [2.45, 2.75) is 82.9 Å². The molecule has 3 aliphatic rings. The average molecular weight is 595 g/mol. The van der Waals surface area contributed by atoms with Gasteiger partial charge in [0.15, 0.2) is 5.82 Å². The summed E-state index contributed by atoms with van der Waals surface area (Å²) in [6, 6.07) is 11.3. The second kappa shape index (κ2) is 11.4. The highest BCUT2D eigenvalue weighted by Gasteiger charge is 2.41. The summed E-state index contributed by atoms with van der Waals surface area (Å²) in [4.78, 5) is 46.9. The van der Waals surface area contributed by atoms with Gasteiger partial charge in [-0.25, -0.2) is 9.97 Å². The van der Waals surface area contributed by atoms with E-state index in [1.807, 2.05) is 31.3 Å². The number of amides is 2. The van der Waals surface area contributed by atoms with Crippen LogP contribution in [-0.2, 0) is 4.79 Å². The number of nitrogens with zero attached hydrogens (tertiary/aromatic N) is 5. The minimum Gasteiger partial charge on any atom is -0.488 e. The Hall–Kier alpha value is -4.67. The summed E-state index contributed by atoms with van der Waals surface area (Å²) >= 11 is 0. The Morgan fingerprint density at radius 2 is 1.86 bits per heavy atom. The Labute approximate surface area is 256 Å². The standard InChI is InChI=1S/C33H38N8O3/c1-3-25-32(43)40(2)26-18-35-33(39-31(26)41(25)20-9-4-5-10-20)37-23-16-15-19(17-27(23)44-21-11-6-7-12-21)30-36-24-14-8-13-22(29(34)42)28(24)38-30/h8,13-18,20-21,25H,3-7,9-12H2,1-2H3,(H2,34,42)(H,36,38)(H,35,37,39)/t25-/m1/s1. The van der Waals surface area contributed by atoms with E-state index < -0.39 is 5.91 Å². The van der Waals surface area contributed by atoms with Gasteiger partial charge in [0.1, 0.15) is 28.8 Å². The first-order valence-electron chi connectivity index (χ1n) is 15.7. The van der Waals surface area contributed by atoms with Gasteiger partial charge in [-0.05, 0) is 75.3 Å². The van der Waals surface area contributed by atoms with Crippen LogP contribution in [0.15, 0.2) is 42.6 Å². The summed E-state index contributed by atoms with van der Waals surface area (Å²) in [6.45, 7) is 2.06. The molecule has 0 unspecified atom stereocenters. The number of aromatic nitrogens is 4. The minimum atomic E-state index is -0.518. The molecule has 3 heterocycles. The molecule has 2 saturated carbocycles. The molecule has 0 saturated heterocycles. The zero-order valence-electron chi connectivity index (χ0n) is 25.2. The van der Waals surface area contributed by atoms with Crippen LogP contribution >= 0.6 is 0 Å². The highest BCUT2D eigenvalue weighted by atomic mass is 16.5. The number of primary amides is 1. The van der Waals surface area contributed by atoms with E-state index in [4.69, 9.17) is 20.4 Å². The van der Waals surface area contributed by atoms with Crippen LogP contribution in [0.25, 0.3) is 22.4 Å². The van der Waals surface area contributed by atoms with Crippen LogP contribution in [0.4, 0.5) is 23.1 Å². The molecule has 4 N–H and O–H groups in total. The van der Waals surface area contributed by atoms with Crippen LogP contribution in [0, 0.1) is 0 Å². The largest absolute Gasteiger partial charge is 0.488 e. The lowest BCUT2D eigenvalue weighted by atomic mass is 10.0. The third-order valence-electron chi connectivity index (χ3n) is 9.29. The molecule has 0 spiro atoms. The van der Waals surface area contributed by atoms with E-state index in [9.17, 15) is 9.59 Å². The van der Waals surface area contributed by atoms with Gasteiger partial charge in [-0.3, -0.25) is 9.59 Å². The molecule has 7 rings (SSSR count). The summed E-state index contributed by atoms with van der Waals surface area (Å²) in [5.41, 5.74) is 9.54. The number of carbonyl (C=O) groups is 2. The van der Waals surface area contributed by atoms with Crippen LogP contribution in [-0.4, -0.2) is 57.0 Å². The van der Waals surface area contributed by atoms with E-state index in [1.54, 1.807) is 23.2 Å². The van der Waals surface area contributed by atoms with Gasteiger partial charge in [0.05, 0.1) is 29.1 Å². The first-order valence-corrected chi connectivity index (χ1v) is 15.7. The first kappa shape index (κ1) is 28.1. The predicted molar refractivity (Wildman–Crippen MR) is 170 cm³/mol. The summed E-state index contributed by atoms with van der Waals surface area (Å²) < 4.78 is 6.56. The van der Waals surface area contributed by atoms with E-state index >= 15 is 0 Å². The number of fused-ring (bicyclic) bond motifs is 2. The number of anilines is 4. The van der Waals surface area contributed by atoms with Crippen molar-refractivity contribution in [1.82, 2.24) is 19.9 Å². The second-order valence-electron chi connectivity index (χ2n) is 12.1. The molecule has 1 aliphatic heterocycles. The molecule has 2 aliphatic carbocycles. The number of rotatable bonds is 8. The maximum absolute atomic E-state index is 13.3. The topological polar surface area (TPSA) is 142 Å². The molecule has 0 radical (unpaired) electrons. The monoisotopic (exact) mass is 594 g/mol. The van der Waals surface area contributed by atoms with Crippen LogP contribution in [0.1, 0.15) is 75.1 Å². The number of para-hydroxylation sites is 1. The fourth-order valence-corrected chi connectivity index (χ4v) is 6.99. The molecule has 2 fully saturated rings. The van der Waals surface area contributed by atoms with Crippen LogP contribution in [0.3, 0.4) is 0 Å². The molecule has 11 nitrogen and oxygen atoms in total. The number of imidazole rings is 1. The Morgan fingerprint density at radius 3 is 2.61 bits per heavy atom. The summed E-state index contributed by atoms with van der Waals surface area (Å²) in [6.07, 6.45) is 11.3. The number of hydrogen-bond acceptors (Lipinski definition) is 8. The van der Waals surface area contributed by atoms with Gasteiger partial charge in [-0.15, -0.1) is 0 Å². The number of aromatic amines is 1. The molecule has 1 atom stereocenters. The molecule has 228 valence electrons. The van der Waals surface area contributed by atoms with E-state index in [-0.39, 0.29) is 18.1 Å². The number of carbonyl (C=O) groups excluding carboxylic acids is 2. The maximum Gasteiger partial charge on any atom is 0.250 e. The van der Waals surface area contributed by atoms with E-state index in [1.165, 1.54) is 0 Å². The lowest BCUT2D eigenvalue weighted by Crippen LogP contribution is -2.55. The van der Waals surface area contributed by atoms with Crippen molar-refractivity contribution in [2.24, 2.45) is 5.73 Å². The number of benzene rings is 2. The molecule has 11 heteroatoms. The highest BCUT2D eigenvalue weighted by Crippen LogP contribution is 2.41. The minimum absolute atomic E-state index is 0.0904. The first-order chi connectivity index (χ1) is 21.4. The smallest absolute Gasteiger partial charge is 0.250 e. The number of ether oxygens (including phenoxy) is 1. The molecular formula is C33H38N8O3. The van der Waals surface area contributed by atoms with E-state index in [0.29, 0.717) is 34.6 Å². The van der Waals surface area contributed by atoms with Gasteiger partial charge < -0.3 is 30.6 Å². The van der Waals surface area contributed by atoms with Gasteiger partial charge >= 0.3 is 0 Å². The predicted octanol–water partition coefficient (Wildman–Crippen LogP) is 5.69. The third kappa shape index (κ3) is 4.99. The normalized spacial score (nSPS) is 19.1. The molecule has 4 aromatic rings. The number of hydrogen-bond donors (Lipinski definition) is 3. The Balaban J connectivity index is 1.25. The number of likely N-dealkylation sites (N-methyl/N-ethyl adjacent to an activating group) is 1. The van der Waals surface area contributed by atoms with Crippen molar-refractivity contribution < 1.29 is 14.3 Å². The van der Waals surface area contributed by atoms with E-state index in [2.05, 4.69) is 27.1 Å². The average Bonchev–Trinajstić information content (AvgIpc) is 3.82. The van der Waals surface area contributed by atoms with Crippen molar-refractivity contribution in [1.29, 1.82) is 0 Å². The maximum atomic E-state index is 13.3. The summed E-state index contributed by atoms with van der Waals surface area (Å²) in [5, 5.41) is 3.43. The number of H-pyrrole nitrogens is 1. The zero-order valence-corrected chi connectivity index (χ0v) is 25.2. The van der Waals surface area contributed by atoms with Crippen molar-refractivity contribution in [3.8, 4) is 17.1 Å². The summed E-state index contributed by atoms with van der Waals surface area (Å²) in [5.74, 6) is 2.11. The van der Waals surface area contributed by atoms with Gasteiger partial charge in [-0.1, -0.05) is 25.8 Å². The molecule has 2 aromatic heterocycles.